The number of carbonyl (C=O) groups excluding carboxylic acids is 2. The van der Waals surface area contributed by atoms with E-state index in [1.807, 2.05) is 17.0 Å². The highest BCUT2D eigenvalue weighted by Crippen LogP contribution is 2.21. The Morgan fingerprint density at radius 2 is 1.85 bits per heavy atom. The summed E-state index contributed by atoms with van der Waals surface area (Å²) in [5.41, 5.74) is 7.95. The first-order chi connectivity index (χ1) is 12.6. The van der Waals surface area contributed by atoms with Crippen LogP contribution in [-0.2, 0) is 13.0 Å². The fourth-order valence-corrected chi connectivity index (χ4v) is 3.49. The largest absolute Gasteiger partial charge is 0.366 e. The van der Waals surface area contributed by atoms with Gasteiger partial charge >= 0.3 is 6.03 Å². The van der Waals surface area contributed by atoms with E-state index in [-0.39, 0.29) is 6.03 Å². The number of urea groups is 1. The van der Waals surface area contributed by atoms with Gasteiger partial charge in [-0.25, -0.2) is 4.79 Å². The number of nitrogens with one attached hydrogen (secondary N) is 1. The zero-order chi connectivity index (χ0) is 18.4. The van der Waals surface area contributed by atoms with Gasteiger partial charge in [-0.2, -0.15) is 0 Å². The number of nitrogens with two attached hydrogens (primary N) is 1. The van der Waals surface area contributed by atoms with E-state index in [0.717, 1.165) is 37.9 Å². The van der Waals surface area contributed by atoms with Crippen molar-refractivity contribution in [2.75, 3.05) is 13.1 Å². The fourth-order valence-electron chi connectivity index (χ4n) is 3.49. The Kier molecular flexibility index (Phi) is 5.89. The van der Waals surface area contributed by atoms with Crippen LogP contribution >= 0.6 is 0 Å². The number of hydrogen-bond acceptors (Lipinski definition) is 2. The Labute approximate surface area is 154 Å². The number of primary amides is 1. The average Bonchev–Trinajstić information content (AvgIpc) is 2.67. The molecule has 2 aromatic rings. The molecule has 1 aliphatic rings. The first-order valence-corrected chi connectivity index (χ1v) is 9.07. The number of amides is 3. The molecule has 2 aromatic carbocycles. The highest BCUT2D eigenvalue weighted by atomic mass is 16.2. The molecule has 5 heteroatoms. The number of carbonyl (C=O) groups is 2. The monoisotopic (exact) mass is 351 g/mol. The van der Waals surface area contributed by atoms with Gasteiger partial charge in [-0.05, 0) is 48.4 Å². The molecule has 5 nitrogen and oxygen atoms in total. The summed E-state index contributed by atoms with van der Waals surface area (Å²) in [5.74, 6) is 0.0352. The number of benzene rings is 2. The second kappa shape index (κ2) is 8.52. The van der Waals surface area contributed by atoms with Crippen LogP contribution in [0.1, 0.15) is 34.3 Å². The van der Waals surface area contributed by atoms with Crippen molar-refractivity contribution < 1.29 is 9.59 Å². The molecule has 1 aliphatic heterocycles. The van der Waals surface area contributed by atoms with Crippen LogP contribution in [0.15, 0.2) is 54.6 Å². The van der Waals surface area contributed by atoms with Crippen LogP contribution in [0.25, 0.3) is 0 Å². The summed E-state index contributed by atoms with van der Waals surface area (Å²) in [6.07, 6.45) is 3.19. The van der Waals surface area contributed by atoms with Gasteiger partial charge < -0.3 is 16.0 Å². The number of nitrogens with zero attached hydrogens (tertiary/aromatic N) is 1. The number of rotatable bonds is 5. The minimum absolute atomic E-state index is 0.0489. The van der Waals surface area contributed by atoms with E-state index >= 15 is 0 Å². The number of piperidine rings is 1. The van der Waals surface area contributed by atoms with Crippen LogP contribution in [-0.4, -0.2) is 29.9 Å². The summed E-state index contributed by atoms with van der Waals surface area (Å²) < 4.78 is 0. The van der Waals surface area contributed by atoms with E-state index in [0.29, 0.717) is 18.0 Å². The molecule has 3 amide bonds. The van der Waals surface area contributed by atoms with Gasteiger partial charge in [0.05, 0.1) is 0 Å². The van der Waals surface area contributed by atoms with Crippen LogP contribution in [0.2, 0.25) is 0 Å². The lowest BCUT2D eigenvalue weighted by molar-refractivity contribution is 0.1000. The third-order valence-electron chi connectivity index (χ3n) is 4.83. The zero-order valence-corrected chi connectivity index (χ0v) is 14.9. The van der Waals surface area contributed by atoms with Gasteiger partial charge in [-0.3, -0.25) is 4.79 Å². The number of likely N-dealkylation sites (tertiary alicyclic amines) is 1. The topological polar surface area (TPSA) is 75.4 Å². The molecule has 1 saturated heterocycles. The van der Waals surface area contributed by atoms with Crippen molar-refractivity contribution >= 4 is 11.9 Å². The maximum atomic E-state index is 12.5. The molecule has 1 unspecified atom stereocenters. The molecule has 1 fully saturated rings. The zero-order valence-electron chi connectivity index (χ0n) is 14.9. The molecule has 3 rings (SSSR count). The summed E-state index contributed by atoms with van der Waals surface area (Å²) >= 11 is 0. The first kappa shape index (κ1) is 18.0. The Hall–Kier alpha value is -2.82. The van der Waals surface area contributed by atoms with E-state index in [1.54, 1.807) is 18.2 Å². The lowest BCUT2D eigenvalue weighted by Crippen LogP contribution is -2.45. The van der Waals surface area contributed by atoms with Crippen molar-refractivity contribution in [3.05, 3.63) is 71.3 Å². The second-order valence-corrected chi connectivity index (χ2v) is 6.87. The molecule has 0 spiro atoms. The molecule has 0 aliphatic carbocycles. The van der Waals surface area contributed by atoms with Crippen molar-refractivity contribution in [3.8, 4) is 0 Å². The van der Waals surface area contributed by atoms with Crippen molar-refractivity contribution in [1.29, 1.82) is 0 Å². The van der Waals surface area contributed by atoms with Gasteiger partial charge in [0.15, 0.2) is 0 Å². The standard InChI is InChI=1S/C21H25N3O2/c22-20(25)19-10-4-8-17(13-19)14-23-21(26)24-11-5-9-18(15-24)12-16-6-2-1-3-7-16/h1-4,6-8,10,13,18H,5,9,11-12,14-15H2,(H2,22,25)(H,23,26). The Morgan fingerprint density at radius 1 is 1.08 bits per heavy atom. The maximum Gasteiger partial charge on any atom is 0.317 e. The third kappa shape index (κ3) is 4.85. The van der Waals surface area contributed by atoms with E-state index in [1.165, 1.54) is 5.56 Å². The second-order valence-electron chi connectivity index (χ2n) is 6.87. The molecule has 136 valence electrons. The predicted molar refractivity (Wildman–Crippen MR) is 102 cm³/mol. The normalized spacial score (nSPS) is 16.9. The smallest absolute Gasteiger partial charge is 0.317 e. The van der Waals surface area contributed by atoms with Gasteiger partial charge in [0.2, 0.25) is 5.91 Å². The minimum Gasteiger partial charge on any atom is -0.366 e. The van der Waals surface area contributed by atoms with Crippen LogP contribution in [0.5, 0.6) is 0 Å². The summed E-state index contributed by atoms with van der Waals surface area (Å²) in [6.45, 7) is 1.96. The molecule has 1 heterocycles. The molecular formula is C21H25N3O2. The van der Waals surface area contributed by atoms with Gasteiger partial charge in [0.25, 0.3) is 0 Å². The first-order valence-electron chi connectivity index (χ1n) is 9.07. The lowest BCUT2D eigenvalue weighted by atomic mass is 9.91. The Bertz CT molecular complexity index is 761. The summed E-state index contributed by atoms with van der Waals surface area (Å²) in [5, 5.41) is 2.95. The van der Waals surface area contributed by atoms with E-state index < -0.39 is 5.91 Å². The van der Waals surface area contributed by atoms with Crippen molar-refractivity contribution in [1.82, 2.24) is 10.2 Å². The molecule has 3 N–H and O–H groups in total. The van der Waals surface area contributed by atoms with Gasteiger partial charge in [-0.15, -0.1) is 0 Å². The van der Waals surface area contributed by atoms with Crippen molar-refractivity contribution in [3.63, 3.8) is 0 Å². The minimum atomic E-state index is -0.460. The van der Waals surface area contributed by atoms with Gasteiger partial charge in [-0.1, -0.05) is 42.5 Å². The molecule has 26 heavy (non-hydrogen) atoms. The Morgan fingerprint density at radius 3 is 2.62 bits per heavy atom. The lowest BCUT2D eigenvalue weighted by Gasteiger charge is -2.33. The fraction of sp³-hybridized carbons (Fsp3) is 0.333. The number of hydrogen-bond donors (Lipinski definition) is 2. The third-order valence-corrected chi connectivity index (χ3v) is 4.83. The quantitative estimate of drug-likeness (QED) is 0.869. The average molecular weight is 351 g/mol. The van der Waals surface area contributed by atoms with Crippen molar-refractivity contribution in [2.45, 2.75) is 25.8 Å². The predicted octanol–water partition coefficient (Wildman–Crippen LogP) is 2.95. The van der Waals surface area contributed by atoms with Crippen LogP contribution in [0.4, 0.5) is 4.79 Å². The SMILES string of the molecule is NC(=O)c1cccc(CNC(=O)N2CCCC(Cc3ccccc3)C2)c1. The summed E-state index contributed by atoms with van der Waals surface area (Å²) in [7, 11) is 0. The van der Waals surface area contributed by atoms with Crippen LogP contribution in [0, 0.1) is 5.92 Å². The van der Waals surface area contributed by atoms with Crippen molar-refractivity contribution in [2.24, 2.45) is 11.7 Å². The highest BCUT2D eigenvalue weighted by molar-refractivity contribution is 5.92. The maximum absolute atomic E-state index is 12.5. The van der Waals surface area contributed by atoms with Crippen LogP contribution in [0.3, 0.4) is 0 Å². The highest BCUT2D eigenvalue weighted by Gasteiger charge is 2.23. The van der Waals surface area contributed by atoms with Crippen LogP contribution < -0.4 is 11.1 Å². The van der Waals surface area contributed by atoms with E-state index in [4.69, 9.17) is 5.73 Å². The molecule has 0 radical (unpaired) electrons. The summed E-state index contributed by atoms with van der Waals surface area (Å²) in [6, 6.07) is 17.4. The Balaban J connectivity index is 1.52. The van der Waals surface area contributed by atoms with E-state index in [9.17, 15) is 9.59 Å². The molecule has 1 atom stereocenters. The van der Waals surface area contributed by atoms with E-state index in [2.05, 4.69) is 29.6 Å². The molecule has 0 aromatic heterocycles. The molecule has 0 bridgehead atoms. The van der Waals surface area contributed by atoms with Gasteiger partial charge in [0, 0.05) is 25.2 Å². The summed E-state index contributed by atoms with van der Waals surface area (Å²) in [4.78, 5) is 25.7. The van der Waals surface area contributed by atoms with Gasteiger partial charge in [0.1, 0.15) is 0 Å². The molecule has 0 saturated carbocycles. The molecular weight excluding hydrogens is 326 g/mol.